The van der Waals surface area contributed by atoms with Crippen LogP contribution in [0.5, 0.6) is 0 Å². The summed E-state index contributed by atoms with van der Waals surface area (Å²) < 4.78 is 4.66. The van der Waals surface area contributed by atoms with E-state index in [2.05, 4.69) is 26.9 Å². The summed E-state index contributed by atoms with van der Waals surface area (Å²) in [7, 11) is 1.36. The van der Waals surface area contributed by atoms with Gasteiger partial charge < -0.3 is 10.1 Å². The number of carbonyl (C=O) groups is 1. The summed E-state index contributed by atoms with van der Waals surface area (Å²) in [5.41, 5.74) is 1.03. The van der Waals surface area contributed by atoms with Crippen LogP contribution in [0.2, 0.25) is 0 Å². The maximum atomic E-state index is 11.4. The van der Waals surface area contributed by atoms with Crippen molar-refractivity contribution in [2.45, 2.75) is 26.8 Å². The molecule has 0 aliphatic carbocycles. The molecule has 2 aromatic rings. The number of anilines is 1. The van der Waals surface area contributed by atoms with E-state index in [9.17, 15) is 4.79 Å². The second kappa shape index (κ2) is 5.66. The van der Waals surface area contributed by atoms with E-state index in [0.717, 1.165) is 10.7 Å². The Morgan fingerprint density at radius 3 is 2.74 bits per heavy atom. The van der Waals surface area contributed by atoms with Gasteiger partial charge in [0.15, 0.2) is 5.13 Å². The fourth-order valence-corrected chi connectivity index (χ4v) is 3.49. The molecule has 1 unspecified atom stereocenters. The molecule has 0 aliphatic rings. The van der Waals surface area contributed by atoms with Crippen molar-refractivity contribution in [1.82, 2.24) is 9.97 Å². The van der Waals surface area contributed by atoms with Crippen molar-refractivity contribution in [2.24, 2.45) is 0 Å². The lowest BCUT2D eigenvalue weighted by molar-refractivity contribution is 0.0606. The first-order valence-electron chi connectivity index (χ1n) is 5.76. The Hall–Kier alpha value is -1.47. The largest absolute Gasteiger partial charge is 0.465 e. The molecule has 0 saturated carbocycles. The van der Waals surface area contributed by atoms with Crippen LogP contribution < -0.4 is 5.32 Å². The number of hydrogen-bond acceptors (Lipinski definition) is 7. The van der Waals surface area contributed by atoms with Gasteiger partial charge in [-0.05, 0) is 20.8 Å². The predicted octanol–water partition coefficient (Wildman–Crippen LogP) is 3.18. The second-order valence-corrected chi connectivity index (χ2v) is 6.34. The number of ether oxygens (including phenoxy) is 1. The van der Waals surface area contributed by atoms with Gasteiger partial charge in [0.25, 0.3) is 0 Å². The van der Waals surface area contributed by atoms with Crippen molar-refractivity contribution >= 4 is 33.8 Å². The first-order valence-corrected chi connectivity index (χ1v) is 7.39. The average Bonchev–Trinajstić information content (AvgIpc) is 2.95. The van der Waals surface area contributed by atoms with Crippen LogP contribution in [0.3, 0.4) is 0 Å². The summed E-state index contributed by atoms with van der Waals surface area (Å²) in [5.74, 6) is -0.358. The molecule has 2 rings (SSSR count). The molecule has 1 N–H and O–H groups in total. The molecule has 5 nitrogen and oxygen atoms in total. The van der Waals surface area contributed by atoms with Gasteiger partial charge in [-0.2, -0.15) is 0 Å². The number of aromatic nitrogens is 2. The number of nitrogens with one attached hydrogen (secondary N) is 1. The van der Waals surface area contributed by atoms with Crippen LogP contribution in [0.1, 0.15) is 38.2 Å². The van der Waals surface area contributed by atoms with Crippen LogP contribution in [0.25, 0.3) is 0 Å². The van der Waals surface area contributed by atoms with Crippen molar-refractivity contribution < 1.29 is 9.53 Å². The molecule has 2 heterocycles. The summed E-state index contributed by atoms with van der Waals surface area (Å²) in [6.45, 7) is 6.05. The standard InChI is InChI=1S/C12H15N3O2S2/c1-6-10(18-8(3)14-6)7(2)15-12-13-5-9(19-12)11(16)17-4/h5,7H,1-4H3,(H,13,15). The number of aryl methyl sites for hydroxylation is 2. The number of methoxy groups -OCH3 is 1. The van der Waals surface area contributed by atoms with Crippen LogP contribution in [0.15, 0.2) is 6.20 Å². The van der Waals surface area contributed by atoms with Crippen LogP contribution in [0.4, 0.5) is 5.13 Å². The monoisotopic (exact) mass is 297 g/mol. The third kappa shape index (κ3) is 3.10. The Balaban J connectivity index is 2.11. The van der Waals surface area contributed by atoms with Crippen LogP contribution in [-0.2, 0) is 4.74 Å². The summed E-state index contributed by atoms with van der Waals surface area (Å²) in [6.07, 6.45) is 1.52. The van der Waals surface area contributed by atoms with Gasteiger partial charge in [0.1, 0.15) is 4.88 Å². The van der Waals surface area contributed by atoms with Gasteiger partial charge in [0.2, 0.25) is 0 Å². The van der Waals surface area contributed by atoms with Gasteiger partial charge in [0, 0.05) is 4.88 Å². The van der Waals surface area contributed by atoms with Crippen molar-refractivity contribution in [3.8, 4) is 0 Å². The van der Waals surface area contributed by atoms with Gasteiger partial charge in [-0.1, -0.05) is 11.3 Å². The number of nitrogens with zero attached hydrogens (tertiary/aromatic N) is 2. The SMILES string of the molecule is COC(=O)c1cnc(NC(C)c2sc(C)nc2C)s1. The molecule has 1 atom stereocenters. The molecule has 0 spiro atoms. The fraction of sp³-hybridized carbons (Fsp3) is 0.417. The fourth-order valence-electron chi connectivity index (χ4n) is 1.74. The lowest BCUT2D eigenvalue weighted by atomic mass is 10.2. The van der Waals surface area contributed by atoms with E-state index >= 15 is 0 Å². The molecule has 19 heavy (non-hydrogen) atoms. The minimum Gasteiger partial charge on any atom is -0.465 e. The topological polar surface area (TPSA) is 64.1 Å². The second-order valence-electron chi connectivity index (χ2n) is 4.07. The quantitative estimate of drug-likeness (QED) is 0.878. The number of esters is 1. The summed E-state index contributed by atoms with van der Waals surface area (Å²) in [6, 6.07) is 0.114. The number of thiazole rings is 2. The number of rotatable bonds is 4. The zero-order valence-electron chi connectivity index (χ0n) is 11.2. The highest BCUT2D eigenvalue weighted by atomic mass is 32.1. The van der Waals surface area contributed by atoms with Crippen molar-refractivity contribution in [3.05, 3.63) is 26.7 Å². The van der Waals surface area contributed by atoms with E-state index in [1.54, 1.807) is 11.3 Å². The molecule has 2 aromatic heterocycles. The maximum Gasteiger partial charge on any atom is 0.349 e. The molecule has 7 heteroatoms. The lowest BCUT2D eigenvalue weighted by Crippen LogP contribution is -2.05. The van der Waals surface area contributed by atoms with Gasteiger partial charge in [0.05, 0.1) is 30.1 Å². The number of hydrogen-bond donors (Lipinski definition) is 1. The van der Waals surface area contributed by atoms with Gasteiger partial charge in [-0.25, -0.2) is 14.8 Å². The van der Waals surface area contributed by atoms with Crippen LogP contribution >= 0.6 is 22.7 Å². The summed E-state index contributed by atoms with van der Waals surface area (Å²) in [4.78, 5) is 21.6. The molecule has 102 valence electrons. The normalized spacial score (nSPS) is 12.2. The van der Waals surface area contributed by atoms with Gasteiger partial charge in [-0.15, -0.1) is 11.3 Å². The van der Waals surface area contributed by atoms with Gasteiger partial charge in [-0.3, -0.25) is 0 Å². The minimum atomic E-state index is -0.358. The van der Waals surface area contributed by atoms with E-state index in [1.165, 1.54) is 29.5 Å². The Kier molecular flexibility index (Phi) is 4.16. The Morgan fingerprint density at radius 2 is 2.16 bits per heavy atom. The predicted molar refractivity (Wildman–Crippen MR) is 77.1 cm³/mol. The van der Waals surface area contributed by atoms with Crippen molar-refractivity contribution in [2.75, 3.05) is 12.4 Å². The molecular weight excluding hydrogens is 282 g/mol. The summed E-state index contributed by atoms with van der Waals surface area (Å²) in [5, 5.41) is 5.04. The first kappa shape index (κ1) is 14.0. The highest BCUT2D eigenvalue weighted by molar-refractivity contribution is 7.17. The average molecular weight is 297 g/mol. The smallest absolute Gasteiger partial charge is 0.349 e. The van der Waals surface area contributed by atoms with E-state index in [1.807, 2.05) is 13.8 Å². The van der Waals surface area contributed by atoms with E-state index in [4.69, 9.17) is 0 Å². The molecule has 0 saturated heterocycles. The zero-order chi connectivity index (χ0) is 14.0. The van der Waals surface area contributed by atoms with Crippen molar-refractivity contribution in [1.29, 1.82) is 0 Å². The third-order valence-electron chi connectivity index (χ3n) is 2.56. The Labute approximate surface area is 119 Å². The van der Waals surface area contributed by atoms with E-state index in [0.29, 0.717) is 10.0 Å². The van der Waals surface area contributed by atoms with Gasteiger partial charge >= 0.3 is 5.97 Å². The zero-order valence-corrected chi connectivity index (χ0v) is 12.8. The molecule has 0 radical (unpaired) electrons. The molecule has 0 fully saturated rings. The number of carbonyl (C=O) groups excluding carboxylic acids is 1. The lowest BCUT2D eigenvalue weighted by Gasteiger charge is -2.11. The Bertz CT molecular complexity index is 592. The molecule has 0 aliphatic heterocycles. The van der Waals surface area contributed by atoms with E-state index < -0.39 is 0 Å². The molecular formula is C12H15N3O2S2. The molecule has 0 amide bonds. The maximum absolute atomic E-state index is 11.4. The van der Waals surface area contributed by atoms with Crippen LogP contribution in [0, 0.1) is 13.8 Å². The highest BCUT2D eigenvalue weighted by Crippen LogP contribution is 2.29. The summed E-state index contributed by atoms with van der Waals surface area (Å²) >= 11 is 2.96. The van der Waals surface area contributed by atoms with E-state index in [-0.39, 0.29) is 12.0 Å². The minimum absolute atomic E-state index is 0.114. The first-order chi connectivity index (χ1) is 9.01. The third-order valence-corrected chi connectivity index (χ3v) is 4.73. The highest BCUT2D eigenvalue weighted by Gasteiger charge is 2.16. The Morgan fingerprint density at radius 1 is 1.42 bits per heavy atom. The van der Waals surface area contributed by atoms with Crippen LogP contribution in [-0.4, -0.2) is 23.0 Å². The van der Waals surface area contributed by atoms with Crippen molar-refractivity contribution in [3.63, 3.8) is 0 Å². The molecule has 0 aromatic carbocycles. The molecule has 0 bridgehead atoms.